The minimum Gasteiger partial charge on any atom is -0.507 e. The van der Waals surface area contributed by atoms with Gasteiger partial charge in [0.2, 0.25) is 5.91 Å². The van der Waals surface area contributed by atoms with Crippen molar-refractivity contribution in [1.29, 1.82) is 0 Å². The number of Topliss-reactive ketones (excluding diaryl/α,β-unsaturated/α-hetero) is 4. The van der Waals surface area contributed by atoms with Crippen LogP contribution in [0.5, 0.6) is 5.75 Å². The maximum Gasteiger partial charge on any atom is 0.235 e. The maximum absolute atomic E-state index is 13.5. The molecule has 3 aliphatic carbocycles. The first-order valence-electron chi connectivity index (χ1n) is 11.6. The molecule has 2 fully saturated rings. The molecule has 0 aromatic heterocycles. The quantitative estimate of drug-likeness (QED) is 0.282. The van der Waals surface area contributed by atoms with Crippen LogP contribution in [-0.2, 0) is 25.6 Å². The molecule has 0 aliphatic heterocycles. The van der Waals surface area contributed by atoms with E-state index in [1.54, 1.807) is 24.3 Å². The highest BCUT2D eigenvalue weighted by Crippen LogP contribution is 2.50. The second-order valence-electron chi connectivity index (χ2n) is 9.77. The summed E-state index contributed by atoms with van der Waals surface area (Å²) in [5.74, 6) is -10.2. The van der Waals surface area contributed by atoms with E-state index in [0.29, 0.717) is 16.8 Å². The van der Waals surface area contributed by atoms with Gasteiger partial charge < -0.3 is 21.7 Å². The number of primary amides is 1. The van der Waals surface area contributed by atoms with Crippen molar-refractivity contribution in [2.75, 3.05) is 5.73 Å². The van der Waals surface area contributed by atoms with Crippen molar-refractivity contribution < 1.29 is 34.2 Å². The van der Waals surface area contributed by atoms with E-state index < -0.39 is 58.3 Å². The number of carbonyl (C=O) groups excluding carboxylic acids is 5. The fourth-order valence-electron chi connectivity index (χ4n) is 5.94. The van der Waals surface area contributed by atoms with E-state index in [-0.39, 0.29) is 30.6 Å². The average Bonchev–Trinajstić information content (AvgIpc) is 2.81. The topological polar surface area (TPSA) is 178 Å². The minimum atomic E-state index is -2.65. The Bertz CT molecular complexity index is 1380. The van der Waals surface area contributed by atoms with Gasteiger partial charge in [0.05, 0.1) is 11.5 Å². The highest BCUT2D eigenvalue weighted by atomic mass is 16.3. The Hall–Kier alpha value is -4.11. The van der Waals surface area contributed by atoms with Crippen LogP contribution in [0.2, 0.25) is 0 Å². The van der Waals surface area contributed by atoms with Crippen LogP contribution in [0.15, 0.2) is 36.4 Å². The number of carbonyl (C=O) groups is 5. The zero-order valence-electron chi connectivity index (χ0n) is 19.1. The standard InChI is InChI=1S/C27H24N2O7/c28-16-6-2-12(3-7-16)1-4-13-5-8-18(30)21-17(13)10-14-9-15-11-19(31)22(26(29)35)25(34)27(15,36)24(33)20(14)23(21)32/h1-8,14-15,20,22,30,36H,9-11,28H2,(H2,29,35)/b4-1+/t14-,15+,20?,22?,27+/m1/s1. The summed E-state index contributed by atoms with van der Waals surface area (Å²) >= 11 is 0. The lowest BCUT2D eigenvalue weighted by molar-refractivity contribution is -0.175. The second kappa shape index (κ2) is 8.23. The Labute approximate surface area is 205 Å². The van der Waals surface area contributed by atoms with E-state index in [4.69, 9.17) is 11.5 Å². The number of nitrogen functional groups attached to an aromatic ring is 1. The molecule has 2 aromatic rings. The van der Waals surface area contributed by atoms with E-state index in [1.165, 1.54) is 6.07 Å². The van der Waals surface area contributed by atoms with E-state index in [0.717, 1.165) is 5.56 Å². The lowest BCUT2D eigenvalue weighted by atomic mass is 9.53. The molecule has 2 aromatic carbocycles. The summed E-state index contributed by atoms with van der Waals surface area (Å²) in [5.41, 5.74) is 11.0. The van der Waals surface area contributed by atoms with Gasteiger partial charge in [-0.3, -0.25) is 24.0 Å². The summed E-state index contributed by atoms with van der Waals surface area (Å²) < 4.78 is 0. The van der Waals surface area contributed by atoms with Crippen LogP contribution in [0.4, 0.5) is 5.69 Å². The number of hydrogen-bond acceptors (Lipinski definition) is 8. The number of aliphatic hydroxyl groups is 1. The van der Waals surface area contributed by atoms with Crippen molar-refractivity contribution in [2.24, 2.45) is 29.4 Å². The fraction of sp³-hybridized carbons (Fsp3) is 0.296. The third-order valence-electron chi connectivity index (χ3n) is 7.71. The lowest BCUT2D eigenvalue weighted by Gasteiger charge is -2.48. The van der Waals surface area contributed by atoms with E-state index >= 15 is 0 Å². The Morgan fingerprint density at radius 2 is 1.67 bits per heavy atom. The number of amides is 1. The van der Waals surface area contributed by atoms with Crippen molar-refractivity contribution >= 4 is 46.9 Å². The third kappa shape index (κ3) is 3.38. The number of aromatic hydroxyl groups is 1. The maximum atomic E-state index is 13.5. The number of phenols is 1. The van der Waals surface area contributed by atoms with Crippen molar-refractivity contribution in [3.63, 3.8) is 0 Å². The molecule has 1 amide bonds. The van der Waals surface area contributed by atoms with Crippen LogP contribution in [0.25, 0.3) is 12.2 Å². The zero-order valence-corrected chi connectivity index (χ0v) is 19.1. The van der Waals surface area contributed by atoms with E-state index in [2.05, 4.69) is 0 Å². The number of ketones is 4. The van der Waals surface area contributed by atoms with Gasteiger partial charge in [0.1, 0.15) is 5.75 Å². The highest BCUT2D eigenvalue weighted by molar-refractivity contribution is 6.31. The predicted molar refractivity (Wildman–Crippen MR) is 128 cm³/mol. The Morgan fingerprint density at radius 3 is 2.33 bits per heavy atom. The van der Waals surface area contributed by atoms with Crippen LogP contribution >= 0.6 is 0 Å². The molecule has 5 rings (SSSR count). The van der Waals surface area contributed by atoms with Crippen molar-refractivity contribution in [1.82, 2.24) is 0 Å². The first-order chi connectivity index (χ1) is 17.0. The molecule has 0 saturated heterocycles. The van der Waals surface area contributed by atoms with Crippen LogP contribution < -0.4 is 11.5 Å². The number of anilines is 1. The normalized spacial score (nSPS) is 29.6. The highest BCUT2D eigenvalue weighted by Gasteiger charge is 2.66. The van der Waals surface area contributed by atoms with Gasteiger partial charge in [-0.2, -0.15) is 0 Å². The largest absolute Gasteiger partial charge is 0.507 e. The van der Waals surface area contributed by atoms with E-state index in [9.17, 15) is 34.2 Å². The molecule has 0 heterocycles. The summed E-state index contributed by atoms with van der Waals surface area (Å²) in [7, 11) is 0. The number of benzene rings is 2. The monoisotopic (exact) mass is 488 g/mol. The van der Waals surface area contributed by atoms with Gasteiger partial charge >= 0.3 is 0 Å². The number of rotatable bonds is 3. The number of phenolic OH excluding ortho intramolecular Hbond substituents is 1. The third-order valence-corrected chi connectivity index (χ3v) is 7.71. The molecule has 6 N–H and O–H groups in total. The van der Waals surface area contributed by atoms with Crippen molar-refractivity contribution in [3.8, 4) is 5.75 Å². The summed E-state index contributed by atoms with van der Waals surface area (Å²) in [6, 6.07) is 10.2. The minimum absolute atomic E-state index is 0.0307. The van der Waals surface area contributed by atoms with Gasteiger partial charge in [0.15, 0.2) is 34.7 Å². The molecular weight excluding hydrogens is 464 g/mol. The van der Waals surface area contributed by atoms with Gasteiger partial charge in [-0.05, 0) is 53.6 Å². The Kier molecular flexibility index (Phi) is 5.40. The Morgan fingerprint density at radius 1 is 0.972 bits per heavy atom. The van der Waals surface area contributed by atoms with Gasteiger partial charge in [-0.1, -0.05) is 30.4 Å². The molecule has 9 heteroatoms. The zero-order chi connectivity index (χ0) is 25.9. The van der Waals surface area contributed by atoms with Crippen LogP contribution in [0.1, 0.15) is 39.9 Å². The first kappa shape index (κ1) is 23.6. The SMILES string of the molecule is NC(=O)C1C(=O)C[C@@H]2C[C@@H]3Cc4c(/C=C/c5ccc(N)cc5)ccc(O)c4C(=O)C3C(=O)[C@]2(O)C1=O. The second-order valence-corrected chi connectivity index (χ2v) is 9.77. The number of fused-ring (bicyclic) bond motifs is 3. The number of nitrogens with two attached hydrogens (primary N) is 2. The van der Waals surface area contributed by atoms with Crippen LogP contribution in [-0.4, -0.2) is 44.9 Å². The summed E-state index contributed by atoms with van der Waals surface area (Å²) in [6.45, 7) is 0. The van der Waals surface area contributed by atoms with Crippen molar-refractivity contribution in [3.05, 3.63) is 58.7 Å². The molecule has 9 nitrogen and oxygen atoms in total. The molecule has 0 spiro atoms. The molecule has 0 radical (unpaired) electrons. The summed E-state index contributed by atoms with van der Waals surface area (Å²) in [5, 5.41) is 21.8. The van der Waals surface area contributed by atoms with Crippen LogP contribution in [0.3, 0.4) is 0 Å². The molecule has 184 valence electrons. The molecule has 5 atom stereocenters. The van der Waals surface area contributed by atoms with Gasteiger partial charge in [0, 0.05) is 18.0 Å². The molecule has 36 heavy (non-hydrogen) atoms. The molecular formula is C27H24N2O7. The molecule has 2 saturated carbocycles. The van der Waals surface area contributed by atoms with E-state index in [1.807, 2.05) is 18.2 Å². The van der Waals surface area contributed by atoms with Gasteiger partial charge in [-0.15, -0.1) is 0 Å². The average molecular weight is 488 g/mol. The fourth-order valence-corrected chi connectivity index (χ4v) is 5.94. The van der Waals surface area contributed by atoms with Crippen molar-refractivity contribution in [2.45, 2.75) is 24.9 Å². The predicted octanol–water partition coefficient (Wildman–Crippen LogP) is 1.08. The molecule has 3 aliphatic rings. The van der Waals surface area contributed by atoms with Gasteiger partial charge in [0.25, 0.3) is 0 Å². The summed E-state index contributed by atoms with van der Waals surface area (Å²) in [6.07, 6.45) is 3.54. The lowest BCUT2D eigenvalue weighted by Crippen LogP contribution is -2.68. The molecule has 2 unspecified atom stereocenters. The van der Waals surface area contributed by atoms with Crippen LogP contribution in [0, 0.1) is 23.7 Å². The summed E-state index contributed by atoms with van der Waals surface area (Å²) in [4.78, 5) is 64.2. The Balaban J connectivity index is 1.54. The smallest absolute Gasteiger partial charge is 0.235 e. The number of hydrogen-bond donors (Lipinski definition) is 4. The molecule has 0 bridgehead atoms. The first-order valence-corrected chi connectivity index (χ1v) is 11.6. The van der Waals surface area contributed by atoms with Gasteiger partial charge in [-0.25, -0.2) is 0 Å².